The summed E-state index contributed by atoms with van der Waals surface area (Å²) >= 11 is 0. The highest BCUT2D eigenvalue weighted by molar-refractivity contribution is 5.33. The van der Waals surface area contributed by atoms with Crippen molar-refractivity contribution in [2.75, 3.05) is 6.54 Å². The van der Waals surface area contributed by atoms with E-state index in [0.29, 0.717) is 5.92 Å². The van der Waals surface area contributed by atoms with Crippen LogP contribution in [0.15, 0.2) is 41.0 Å². The fourth-order valence-electron chi connectivity index (χ4n) is 2.58. The molecule has 0 saturated heterocycles. The Morgan fingerprint density at radius 2 is 1.71 bits per heavy atom. The number of nitrogens with one attached hydrogen (secondary N) is 1. The van der Waals surface area contributed by atoms with Gasteiger partial charge in [-0.2, -0.15) is 0 Å². The molecule has 1 heterocycles. The van der Waals surface area contributed by atoms with Gasteiger partial charge < -0.3 is 9.73 Å². The topological polar surface area (TPSA) is 25.2 Å². The first-order valence-corrected chi connectivity index (χ1v) is 8.04. The molecule has 2 heteroatoms. The van der Waals surface area contributed by atoms with E-state index in [2.05, 4.69) is 56.4 Å². The monoisotopic (exact) mass is 285 g/mol. The van der Waals surface area contributed by atoms with Crippen molar-refractivity contribution in [1.29, 1.82) is 0 Å². The van der Waals surface area contributed by atoms with E-state index in [1.165, 1.54) is 23.1 Å². The van der Waals surface area contributed by atoms with Crippen LogP contribution >= 0.6 is 0 Å². The Labute approximate surface area is 128 Å². The molecular weight excluding hydrogens is 258 g/mol. The second-order valence-corrected chi connectivity index (χ2v) is 5.85. The predicted molar refractivity (Wildman–Crippen MR) is 88.7 cm³/mol. The summed E-state index contributed by atoms with van der Waals surface area (Å²) < 4.78 is 5.49. The van der Waals surface area contributed by atoms with E-state index >= 15 is 0 Å². The molecule has 114 valence electrons. The first-order chi connectivity index (χ1) is 10.2. The fourth-order valence-corrected chi connectivity index (χ4v) is 2.58. The summed E-state index contributed by atoms with van der Waals surface area (Å²) in [6.45, 7) is 9.70. The molecule has 0 fully saturated rings. The van der Waals surface area contributed by atoms with Crippen LogP contribution < -0.4 is 5.32 Å². The highest BCUT2D eigenvalue weighted by atomic mass is 16.3. The van der Waals surface area contributed by atoms with Crippen LogP contribution in [0.1, 0.15) is 68.0 Å². The second kappa shape index (κ2) is 7.46. The molecule has 0 aliphatic heterocycles. The summed E-state index contributed by atoms with van der Waals surface area (Å²) in [5.41, 5.74) is 3.92. The molecule has 0 amide bonds. The van der Waals surface area contributed by atoms with Crippen molar-refractivity contribution in [1.82, 2.24) is 5.32 Å². The van der Waals surface area contributed by atoms with E-state index in [9.17, 15) is 0 Å². The minimum Gasteiger partial charge on any atom is -0.469 e. The van der Waals surface area contributed by atoms with Gasteiger partial charge in [0.05, 0.1) is 12.3 Å². The summed E-state index contributed by atoms with van der Waals surface area (Å²) in [6.07, 6.45) is 4.17. The van der Waals surface area contributed by atoms with E-state index < -0.39 is 0 Å². The predicted octanol–water partition coefficient (Wildman–Crippen LogP) is 5.19. The second-order valence-electron chi connectivity index (χ2n) is 5.85. The first-order valence-electron chi connectivity index (χ1n) is 8.04. The van der Waals surface area contributed by atoms with Crippen LogP contribution in [0.25, 0.3) is 0 Å². The molecule has 1 aromatic heterocycles. The standard InChI is InChI=1S/C19H27NO/c1-5-11-20-19(18-12-15(4)21-13-18)17-9-7-16(8-10-17)14(3)6-2/h7-10,12-14,19-20H,5-6,11H2,1-4H3. The number of aryl methyl sites for hydroxylation is 1. The van der Waals surface area contributed by atoms with E-state index in [-0.39, 0.29) is 6.04 Å². The normalized spacial score (nSPS) is 14.1. The maximum absolute atomic E-state index is 5.49. The number of hydrogen-bond acceptors (Lipinski definition) is 2. The third-order valence-electron chi connectivity index (χ3n) is 4.13. The quantitative estimate of drug-likeness (QED) is 0.757. The van der Waals surface area contributed by atoms with Gasteiger partial charge in [0.1, 0.15) is 5.76 Å². The van der Waals surface area contributed by atoms with Gasteiger partial charge >= 0.3 is 0 Å². The number of rotatable bonds is 7. The third-order valence-corrected chi connectivity index (χ3v) is 4.13. The van der Waals surface area contributed by atoms with Crippen LogP contribution in [-0.4, -0.2) is 6.54 Å². The maximum atomic E-state index is 5.49. The molecule has 2 nitrogen and oxygen atoms in total. The third kappa shape index (κ3) is 3.98. The Hall–Kier alpha value is -1.54. The van der Waals surface area contributed by atoms with Crippen LogP contribution in [-0.2, 0) is 0 Å². The molecular formula is C19H27NO. The minimum absolute atomic E-state index is 0.216. The van der Waals surface area contributed by atoms with Gasteiger partial charge in [0.15, 0.2) is 0 Å². The molecule has 2 aromatic rings. The van der Waals surface area contributed by atoms with Gasteiger partial charge in [-0.3, -0.25) is 0 Å². The lowest BCUT2D eigenvalue weighted by molar-refractivity contribution is 0.523. The van der Waals surface area contributed by atoms with Crippen molar-refractivity contribution in [2.45, 2.75) is 52.5 Å². The van der Waals surface area contributed by atoms with E-state index in [4.69, 9.17) is 4.42 Å². The van der Waals surface area contributed by atoms with Crippen molar-refractivity contribution >= 4 is 0 Å². The van der Waals surface area contributed by atoms with Crippen LogP contribution in [0.5, 0.6) is 0 Å². The van der Waals surface area contributed by atoms with Gasteiger partial charge in [0, 0.05) is 5.56 Å². The summed E-state index contributed by atoms with van der Waals surface area (Å²) in [7, 11) is 0. The molecule has 2 unspecified atom stereocenters. The Balaban J connectivity index is 2.24. The van der Waals surface area contributed by atoms with E-state index in [1.54, 1.807) is 0 Å². The zero-order chi connectivity index (χ0) is 15.2. The molecule has 2 atom stereocenters. The van der Waals surface area contributed by atoms with Crippen LogP contribution in [0.3, 0.4) is 0 Å². The average molecular weight is 285 g/mol. The highest BCUT2D eigenvalue weighted by Gasteiger charge is 2.15. The van der Waals surface area contributed by atoms with Crippen molar-refractivity contribution in [3.8, 4) is 0 Å². The average Bonchev–Trinajstić information content (AvgIpc) is 2.94. The molecule has 0 radical (unpaired) electrons. The lowest BCUT2D eigenvalue weighted by atomic mass is 9.94. The van der Waals surface area contributed by atoms with E-state index in [0.717, 1.165) is 18.7 Å². The Bertz CT molecular complexity index is 541. The van der Waals surface area contributed by atoms with Gasteiger partial charge in [-0.25, -0.2) is 0 Å². The minimum atomic E-state index is 0.216. The lowest BCUT2D eigenvalue weighted by Crippen LogP contribution is -2.22. The van der Waals surface area contributed by atoms with Gasteiger partial charge in [-0.1, -0.05) is 45.0 Å². The van der Waals surface area contributed by atoms with Crippen LogP contribution in [0.2, 0.25) is 0 Å². The van der Waals surface area contributed by atoms with Gasteiger partial charge in [-0.15, -0.1) is 0 Å². The Morgan fingerprint density at radius 3 is 2.24 bits per heavy atom. The number of furan rings is 1. The van der Waals surface area contributed by atoms with Crippen LogP contribution in [0, 0.1) is 6.92 Å². The van der Waals surface area contributed by atoms with Gasteiger partial charge in [0.25, 0.3) is 0 Å². The summed E-state index contributed by atoms with van der Waals surface area (Å²) in [4.78, 5) is 0. The first kappa shape index (κ1) is 15.8. The molecule has 0 aliphatic rings. The number of benzene rings is 1. The lowest BCUT2D eigenvalue weighted by Gasteiger charge is -2.19. The SMILES string of the molecule is CCCNC(c1ccc(C(C)CC)cc1)c1coc(C)c1. The fraction of sp³-hybridized carbons (Fsp3) is 0.474. The largest absolute Gasteiger partial charge is 0.469 e. The number of hydrogen-bond donors (Lipinski definition) is 1. The maximum Gasteiger partial charge on any atom is 0.101 e. The summed E-state index contributed by atoms with van der Waals surface area (Å²) in [6, 6.07) is 11.4. The highest BCUT2D eigenvalue weighted by Crippen LogP contribution is 2.26. The van der Waals surface area contributed by atoms with Crippen molar-refractivity contribution in [3.63, 3.8) is 0 Å². The van der Waals surface area contributed by atoms with Crippen molar-refractivity contribution in [2.24, 2.45) is 0 Å². The zero-order valence-corrected chi connectivity index (χ0v) is 13.6. The smallest absolute Gasteiger partial charge is 0.101 e. The van der Waals surface area contributed by atoms with Crippen molar-refractivity contribution in [3.05, 3.63) is 59.0 Å². The molecule has 1 N–H and O–H groups in total. The molecule has 2 rings (SSSR count). The van der Waals surface area contributed by atoms with Crippen molar-refractivity contribution < 1.29 is 4.42 Å². The van der Waals surface area contributed by atoms with Crippen LogP contribution in [0.4, 0.5) is 0 Å². The molecule has 0 saturated carbocycles. The van der Waals surface area contributed by atoms with Gasteiger partial charge in [-0.05, 0) is 49.4 Å². The Morgan fingerprint density at radius 1 is 1.05 bits per heavy atom. The Kier molecular flexibility index (Phi) is 5.63. The van der Waals surface area contributed by atoms with Gasteiger partial charge in [0.2, 0.25) is 0 Å². The molecule has 0 bridgehead atoms. The molecule has 21 heavy (non-hydrogen) atoms. The summed E-state index contributed by atoms with van der Waals surface area (Å²) in [5, 5.41) is 3.62. The van der Waals surface area contributed by atoms with E-state index in [1.807, 2.05) is 13.2 Å². The molecule has 1 aromatic carbocycles. The zero-order valence-electron chi connectivity index (χ0n) is 13.6. The molecule has 0 spiro atoms. The molecule has 0 aliphatic carbocycles. The summed E-state index contributed by atoms with van der Waals surface area (Å²) in [5.74, 6) is 1.58.